The van der Waals surface area contributed by atoms with Gasteiger partial charge in [0.2, 0.25) is 0 Å². The lowest BCUT2D eigenvalue weighted by Gasteiger charge is -2.24. The van der Waals surface area contributed by atoms with Gasteiger partial charge < -0.3 is 0 Å². The van der Waals surface area contributed by atoms with Crippen molar-refractivity contribution in [2.24, 2.45) is 0 Å². The monoisotopic (exact) mass is 266 g/mol. The SMILES string of the molecule is C[C@@H](c1cccc(-c2cn[nH]c2C#N)c1)N1CCCC1. The van der Waals surface area contributed by atoms with Crippen molar-refractivity contribution in [3.8, 4) is 17.2 Å². The summed E-state index contributed by atoms with van der Waals surface area (Å²) in [5.74, 6) is 0. The lowest BCUT2D eigenvalue weighted by molar-refractivity contribution is 0.263. The quantitative estimate of drug-likeness (QED) is 0.928. The first kappa shape index (κ1) is 12.9. The van der Waals surface area contributed by atoms with Crippen molar-refractivity contribution in [3.63, 3.8) is 0 Å². The van der Waals surface area contributed by atoms with Gasteiger partial charge in [0.15, 0.2) is 0 Å². The van der Waals surface area contributed by atoms with Gasteiger partial charge in [0.05, 0.1) is 6.20 Å². The smallest absolute Gasteiger partial charge is 0.143 e. The number of rotatable bonds is 3. The lowest BCUT2D eigenvalue weighted by atomic mass is 10.00. The molecule has 0 saturated carbocycles. The van der Waals surface area contributed by atoms with Crippen LogP contribution in [0.2, 0.25) is 0 Å². The summed E-state index contributed by atoms with van der Waals surface area (Å²) in [4.78, 5) is 2.51. The number of likely N-dealkylation sites (tertiary alicyclic amines) is 1. The van der Waals surface area contributed by atoms with E-state index in [0.717, 1.165) is 11.1 Å². The number of H-pyrrole nitrogens is 1. The molecule has 1 N–H and O–H groups in total. The van der Waals surface area contributed by atoms with Gasteiger partial charge in [-0.1, -0.05) is 18.2 Å². The predicted molar refractivity (Wildman–Crippen MR) is 78.0 cm³/mol. The zero-order chi connectivity index (χ0) is 13.9. The lowest BCUT2D eigenvalue weighted by Crippen LogP contribution is -2.23. The zero-order valence-corrected chi connectivity index (χ0v) is 11.6. The first-order valence-electron chi connectivity index (χ1n) is 7.07. The molecule has 0 unspecified atom stereocenters. The van der Waals surface area contributed by atoms with E-state index in [1.165, 1.54) is 31.5 Å². The van der Waals surface area contributed by atoms with Crippen LogP contribution in [0, 0.1) is 11.3 Å². The molecule has 0 bridgehead atoms. The van der Waals surface area contributed by atoms with Crippen LogP contribution in [0.1, 0.15) is 37.1 Å². The Balaban J connectivity index is 1.92. The molecule has 4 nitrogen and oxygen atoms in total. The van der Waals surface area contributed by atoms with Gasteiger partial charge in [-0.05, 0) is 50.0 Å². The maximum absolute atomic E-state index is 9.09. The average Bonchev–Trinajstić information content (AvgIpc) is 3.17. The molecular formula is C16H18N4. The van der Waals surface area contributed by atoms with Crippen molar-refractivity contribution < 1.29 is 0 Å². The van der Waals surface area contributed by atoms with Crippen LogP contribution in [0.3, 0.4) is 0 Å². The maximum atomic E-state index is 9.09. The summed E-state index contributed by atoms with van der Waals surface area (Å²) in [7, 11) is 0. The molecule has 1 fully saturated rings. The molecule has 1 saturated heterocycles. The molecule has 102 valence electrons. The third-order valence-corrected chi connectivity index (χ3v) is 4.12. The number of hydrogen-bond acceptors (Lipinski definition) is 3. The van der Waals surface area contributed by atoms with Crippen LogP contribution in [0.5, 0.6) is 0 Å². The minimum absolute atomic E-state index is 0.426. The molecule has 4 heteroatoms. The highest BCUT2D eigenvalue weighted by Crippen LogP contribution is 2.29. The number of nitrogens with zero attached hydrogens (tertiary/aromatic N) is 3. The van der Waals surface area contributed by atoms with Gasteiger partial charge in [0.1, 0.15) is 11.8 Å². The molecule has 1 aromatic carbocycles. The minimum Gasteiger partial charge on any atom is -0.297 e. The van der Waals surface area contributed by atoms with Crippen LogP contribution in [-0.4, -0.2) is 28.2 Å². The van der Waals surface area contributed by atoms with Crippen LogP contribution in [-0.2, 0) is 0 Å². The number of hydrogen-bond donors (Lipinski definition) is 1. The van der Waals surface area contributed by atoms with Crippen molar-refractivity contribution in [2.45, 2.75) is 25.8 Å². The predicted octanol–water partition coefficient (Wildman–Crippen LogP) is 3.11. The van der Waals surface area contributed by atoms with E-state index in [0.29, 0.717) is 11.7 Å². The Morgan fingerprint density at radius 2 is 2.15 bits per heavy atom. The second-order valence-corrected chi connectivity index (χ2v) is 5.31. The van der Waals surface area contributed by atoms with Crippen molar-refractivity contribution in [1.82, 2.24) is 15.1 Å². The van der Waals surface area contributed by atoms with Crippen molar-refractivity contribution >= 4 is 0 Å². The fraction of sp³-hybridized carbons (Fsp3) is 0.375. The van der Waals surface area contributed by atoms with Gasteiger partial charge >= 0.3 is 0 Å². The Hall–Kier alpha value is -2.12. The Bertz CT molecular complexity index is 632. The summed E-state index contributed by atoms with van der Waals surface area (Å²) in [6.07, 6.45) is 4.31. The van der Waals surface area contributed by atoms with Crippen LogP contribution in [0.4, 0.5) is 0 Å². The van der Waals surface area contributed by atoms with E-state index in [1.54, 1.807) is 6.20 Å². The van der Waals surface area contributed by atoms with Gasteiger partial charge in [0.25, 0.3) is 0 Å². The normalized spacial score (nSPS) is 17.0. The topological polar surface area (TPSA) is 55.7 Å². The molecule has 2 aromatic rings. The molecule has 0 spiro atoms. The zero-order valence-electron chi connectivity index (χ0n) is 11.6. The standard InChI is InChI=1S/C16H18N4/c1-12(20-7-2-3-8-20)13-5-4-6-14(9-13)15-11-18-19-16(15)10-17/h4-6,9,11-12H,2-3,7-8H2,1H3,(H,18,19)/t12-/m0/s1. The van der Waals surface area contributed by atoms with Crippen LogP contribution in [0.15, 0.2) is 30.5 Å². The maximum Gasteiger partial charge on any atom is 0.143 e. The number of benzene rings is 1. The molecule has 1 aliphatic rings. The van der Waals surface area contributed by atoms with E-state index in [4.69, 9.17) is 5.26 Å². The molecule has 0 aliphatic carbocycles. The highest BCUT2D eigenvalue weighted by atomic mass is 15.2. The van der Waals surface area contributed by atoms with E-state index >= 15 is 0 Å². The first-order valence-corrected chi connectivity index (χ1v) is 7.07. The Labute approximate surface area is 119 Å². The highest BCUT2D eigenvalue weighted by Gasteiger charge is 2.19. The third-order valence-electron chi connectivity index (χ3n) is 4.12. The summed E-state index contributed by atoms with van der Waals surface area (Å²) >= 11 is 0. The molecule has 2 heterocycles. The third kappa shape index (κ3) is 2.33. The number of aromatic amines is 1. The van der Waals surface area contributed by atoms with E-state index in [1.807, 2.05) is 6.07 Å². The molecule has 1 aliphatic heterocycles. The van der Waals surface area contributed by atoms with Crippen LogP contribution in [0.25, 0.3) is 11.1 Å². The summed E-state index contributed by atoms with van der Waals surface area (Å²) in [5.41, 5.74) is 3.76. The summed E-state index contributed by atoms with van der Waals surface area (Å²) in [6.45, 7) is 4.62. The molecule has 0 amide bonds. The number of nitrogens with one attached hydrogen (secondary N) is 1. The average molecular weight is 266 g/mol. The van der Waals surface area contributed by atoms with E-state index in [9.17, 15) is 0 Å². The Morgan fingerprint density at radius 1 is 1.35 bits per heavy atom. The number of nitriles is 1. The van der Waals surface area contributed by atoms with Crippen molar-refractivity contribution in [1.29, 1.82) is 5.26 Å². The molecule has 3 rings (SSSR count). The van der Waals surface area contributed by atoms with Gasteiger partial charge in [0, 0.05) is 11.6 Å². The summed E-state index contributed by atoms with van der Waals surface area (Å²) < 4.78 is 0. The van der Waals surface area contributed by atoms with E-state index < -0.39 is 0 Å². The molecule has 1 aromatic heterocycles. The second kappa shape index (κ2) is 5.48. The van der Waals surface area contributed by atoms with Gasteiger partial charge in [-0.2, -0.15) is 10.4 Å². The van der Waals surface area contributed by atoms with Gasteiger partial charge in [-0.15, -0.1) is 0 Å². The Kier molecular flexibility index (Phi) is 3.53. The largest absolute Gasteiger partial charge is 0.297 e. The van der Waals surface area contributed by atoms with Gasteiger partial charge in [-0.3, -0.25) is 10.00 Å². The Morgan fingerprint density at radius 3 is 2.90 bits per heavy atom. The van der Waals surface area contributed by atoms with Crippen LogP contribution >= 0.6 is 0 Å². The van der Waals surface area contributed by atoms with Crippen molar-refractivity contribution in [2.75, 3.05) is 13.1 Å². The van der Waals surface area contributed by atoms with E-state index in [-0.39, 0.29) is 0 Å². The minimum atomic E-state index is 0.426. The molecule has 20 heavy (non-hydrogen) atoms. The van der Waals surface area contributed by atoms with Gasteiger partial charge in [-0.25, -0.2) is 0 Å². The fourth-order valence-electron chi connectivity index (χ4n) is 2.90. The number of aromatic nitrogens is 2. The first-order chi connectivity index (χ1) is 9.79. The molecular weight excluding hydrogens is 248 g/mol. The van der Waals surface area contributed by atoms with E-state index in [2.05, 4.69) is 46.3 Å². The molecule has 1 atom stereocenters. The van der Waals surface area contributed by atoms with Crippen LogP contribution < -0.4 is 0 Å². The highest BCUT2D eigenvalue weighted by molar-refractivity contribution is 5.68. The molecule has 0 radical (unpaired) electrons. The summed E-state index contributed by atoms with van der Waals surface area (Å²) in [5, 5.41) is 15.8. The fourth-order valence-corrected chi connectivity index (χ4v) is 2.90. The van der Waals surface area contributed by atoms with Crippen molar-refractivity contribution in [3.05, 3.63) is 41.7 Å². The second-order valence-electron chi connectivity index (χ2n) is 5.31. The summed E-state index contributed by atoms with van der Waals surface area (Å²) in [6, 6.07) is 11.0.